The van der Waals surface area contributed by atoms with Crippen molar-refractivity contribution in [2.24, 2.45) is 11.7 Å². The van der Waals surface area contributed by atoms with Crippen LogP contribution < -0.4 is 11.1 Å². The quantitative estimate of drug-likeness (QED) is 0.739. The summed E-state index contributed by atoms with van der Waals surface area (Å²) in [5.41, 5.74) is 5.74. The SMILES string of the molecule is CCC(N)CNC(=O)N1CCC(C)CC1. The third-order valence-electron chi connectivity index (χ3n) is 3.11. The summed E-state index contributed by atoms with van der Waals surface area (Å²) < 4.78 is 0. The summed E-state index contributed by atoms with van der Waals surface area (Å²) in [6.45, 7) is 6.62. The number of urea groups is 1. The molecule has 4 nitrogen and oxygen atoms in total. The predicted octanol–water partition coefficient (Wildman–Crippen LogP) is 1.17. The van der Waals surface area contributed by atoms with E-state index in [0.717, 1.165) is 38.3 Å². The molecule has 1 rings (SSSR count). The average Bonchev–Trinajstić information content (AvgIpc) is 2.26. The lowest BCUT2D eigenvalue weighted by Gasteiger charge is -2.30. The summed E-state index contributed by atoms with van der Waals surface area (Å²) in [4.78, 5) is 13.6. The first-order chi connectivity index (χ1) is 7.13. The highest BCUT2D eigenvalue weighted by molar-refractivity contribution is 5.74. The monoisotopic (exact) mass is 213 g/mol. The fourth-order valence-electron chi connectivity index (χ4n) is 1.69. The summed E-state index contributed by atoms with van der Waals surface area (Å²) in [5, 5.41) is 2.88. The number of amides is 2. The van der Waals surface area contributed by atoms with Crippen molar-refractivity contribution >= 4 is 6.03 Å². The van der Waals surface area contributed by atoms with Gasteiger partial charge >= 0.3 is 6.03 Å². The van der Waals surface area contributed by atoms with Crippen molar-refractivity contribution in [3.8, 4) is 0 Å². The topological polar surface area (TPSA) is 58.4 Å². The lowest BCUT2D eigenvalue weighted by molar-refractivity contribution is 0.173. The van der Waals surface area contributed by atoms with Gasteiger partial charge in [0, 0.05) is 25.7 Å². The Morgan fingerprint density at radius 2 is 2.13 bits per heavy atom. The Labute approximate surface area is 92.2 Å². The Balaban J connectivity index is 2.22. The molecule has 1 aliphatic heterocycles. The van der Waals surface area contributed by atoms with Crippen molar-refractivity contribution in [3.05, 3.63) is 0 Å². The number of hydrogen-bond acceptors (Lipinski definition) is 2. The maximum absolute atomic E-state index is 11.7. The number of nitrogens with zero attached hydrogens (tertiary/aromatic N) is 1. The van der Waals surface area contributed by atoms with Crippen molar-refractivity contribution in [1.82, 2.24) is 10.2 Å². The minimum absolute atomic E-state index is 0.0470. The van der Waals surface area contributed by atoms with Gasteiger partial charge < -0.3 is 16.0 Å². The molecule has 3 N–H and O–H groups in total. The van der Waals surface area contributed by atoms with Gasteiger partial charge in [0.2, 0.25) is 0 Å². The van der Waals surface area contributed by atoms with Gasteiger partial charge in [-0.25, -0.2) is 4.79 Å². The minimum atomic E-state index is 0.0470. The van der Waals surface area contributed by atoms with Crippen molar-refractivity contribution < 1.29 is 4.79 Å². The summed E-state index contributed by atoms with van der Waals surface area (Å²) in [6, 6.07) is 0.128. The molecule has 0 aromatic carbocycles. The molecular weight excluding hydrogens is 190 g/mol. The molecule has 1 aliphatic rings. The van der Waals surface area contributed by atoms with Crippen molar-refractivity contribution in [1.29, 1.82) is 0 Å². The standard InChI is InChI=1S/C11H23N3O/c1-3-10(12)8-13-11(15)14-6-4-9(2)5-7-14/h9-10H,3-8,12H2,1-2H3,(H,13,15). The first kappa shape index (κ1) is 12.3. The second-order valence-corrected chi connectivity index (χ2v) is 4.52. The zero-order chi connectivity index (χ0) is 11.3. The minimum Gasteiger partial charge on any atom is -0.336 e. The largest absolute Gasteiger partial charge is 0.336 e. The highest BCUT2D eigenvalue weighted by Crippen LogP contribution is 2.15. The first-order valence-corrected chi connectivity index (χ1v) is 5.91. The van der Waals surface area contributed by atoms with Gasteiger partial charge in [-0.2, -0.15) is 0 Å². The second-order valence-electron chi connectivity index (χ2n) is 4.52. The molecule has 1 fully saturated rings. The number of nitrogens with one attached hydrogen (secondary N) is 1. The second kappa shape index (κ2) is 5.95. The van der Waals surface area contributed by atoms with E-state index in [1.807, 2.05) is 11.8 Å². The Hall–Kier alpha value is -0.770. The third-order valence-corrected chi connectivity index (χ3v) is 3.11. The van der Waals surface area contributed by atoms with Crippen LogP contribution >= 0.6 is 0 Å². The van der Waals surface area contributed by atoms with Gasteiger partial charge in [-0.15, -0.1) is 0 Å². The van der Waals surface area contributed by atoms with E-state index >= 15 is 0 Å². The number of hydrogen-bond donors (Lipinski definition) is 2. The van der Waals surface area contributed by atoms with E-state index in [-0.39, 0.29) is 12.1 Å². The van der Waals surface area contributed by atoms with Crippen LogP contribution in [0.3, 0.4) is 0 Å². The molecule has 0 aromatic heterocycles. The fraction of sp³-hybridized carbons (Fsp3) is 0.909. The van der Waals surface area contributed by atoms with Crippen LogP contribution in [-0.2, 0) is 0 Å². The summed E-state index contributed by atoms with van der Waals surface area (Å²) in [6.07, 6.45) is 3.14. The third kappa shape index (κ3) is 4.08. The Morgan fingerprint density at radius 1 is 1.53 bits per heavy atom. The molecule has 0 radical (unpaired) electrons. The van der Waals surface area contributed by atoms with Gasteiger partial charge in [0.25, 0.3) is 0 Å². The summed E-state index contributed by atoms with van der Waals surface area (Å²) in [5.74, 6) is 0.756. The average molecular weight is 213 g/mol. The summed E-state index contributed by atoms with van der Waals surface area (Å²) in [7, 11) is 0. The number of carbonyl (C=O) groups excluding carboxylic acids is 1. The van der Waals surface area contributed by atoms with E-state index in [0.29, 0.717) is 6.54 Å². The molecule has 1 heterocycles. The molecule has 1 saturated heterocycles. The zero-order valence-corrected chi connectivity index (χ0v) is 9.83. The Kier molecular flexibility index (Phi) is 4.88. The van der Waals surface area contributed by atoms with E-state index in [4.69, 9.17) is 5.73 Å². The highest BCUT2D eigenvalue weighted by Gasteiger charge is 2.19. The van der Waals surface area contributed by atoms with Crippen LogP contribution in [0.15, 0.2) is 0 Å². The van der Waals surface area contributed by atoms with Crippen LogP contribution in [-0.4, -0.2) is 36.6 Å². The molecular formula is C11H23N3O. The zero-order valence-electron chi connectivity index (χ0n) is 9.83. The Bertz CT molecular complexity index is 200. The van der Waals surface area contributed by atoms with Crippen LogP contribution in [0.2, 0.25) is 0 Å². The molecule has 0 spiro atoms. The molecule has 0 bridgehead atoms. The van der Waals surface area contributed by atoms with Crippen molar-refractivity contribution in [2.75, 3.05) is 19.6 Å². The molecule has 0 aromatic rings. The van der Waals surface area contributed by atoms with E-state index < -0.39 is 0 Å². The highest BCUT2D eigenvalue weighted by atomic mass is 16.2. The number of piperidine rings is 1. The first-order valence-electron chi connectivity index (χ1n) is 5.91. The molecule has 1 atom stereocenters. The van der Waals surface area contributed by atoms with Crippen molar-refractivity contribution in [3.63, 3.8) is 0 Å². The lowest BCUT2D eigenvalue weighted by Crippen LogP contribution is -2.47. The maximum atomic E-state index is 11.7. The number of likely N-dealkylation sites (tertiary alicyclic amines) is 1. The normalized spacial score (nSPS) is 20.1. The Morgan fingerprint density at radius 3 is 2.67 bits per heavy atom. The van der Waals surface area contributed by atoms with Crippen molar-refractivity contribution in [2.45, 2.75) is 39.2 Å². The number of carbonyl (C=O) groups is 1. The smallest absolute Gasteiger partial charge is 0.317 e. The van der Waals surface area contributed by atoms with Gasteiger partial charge in [0.05, 0.1) is 0 Å². The van der Waals surface area contributed by atoms with Gasteiger partial charge in [0.15, 0.2) is 0 Å². The molecule has 0 saturated carbocycles. The van der Waals surface area contributed by atoms with Gasteiger partial charge in [-0.1, -0.05) is 13.8 Å². The van der Waals surface area contributed by atoms with Crippen LogP contribution in [0.4, 0.5) is 4.79 Å². The molecule has 88 valence electrons. The van der Waals surface area contributed by atoms with Gasteiger partial charge in [-0.3, -0.25) is 0 Å². The number of rotatable bonds is 3. The molecule has 2 amide bonds. The maximum Gasteiger partial charge on any atom is 0.317 e. The van der Waals surface area contributed by atoms with E-state index in [9.17, 15) is 4.79 Å². The van der Waals surface area contributed by atoms with E-state index in [1.165, 1.54) is 0 Å². The molecule has 4 heteroatoms. The van der Waals surface area contributed by atoms with Crippen LogP contribution in [0, 0.1) is 5.92 Å². The molecule has 15 heavy (non-hydrogen) atoms. The molecule has 0 aliphatic carbocycles. The van der Waals surface area contributed by atoms with E-state index in [1.54, 1.807) is 0 Å². The van der Waals surface area contributed by atoms with E-state index in [2.05, 4.69) is 12.2 Å². The predicted molar refractivity (Wildman–Crippen MR) is 61.6 cm³/mol. The lowest BCUT2D eigenvalue weighted by atomic mass is 10.00. The van der Waals surface area contributed by atoms with Gasteiger partial charge in [-0.05, 0) is 25.2 Å². The summed E-state index contributed by atoms with van der Waals surface area (Å²) >= 11 is 0. The van der Waals surface area contributed by atoms with Crippen LogP contribution in [0.1, 0.15) is 33.1 Å². The fourth-order valence-corrected chi connectivity index (χ4v) is 1.69. The van der Waals surface area contributed by atoms with Crippen LogP contribution in [0.25, 0.3) is 0 Å². The number of nitrogens with two attached hydrogens (primary N) is 1. The molecule has 1 unspecified atom stereocenters. The van der Waals surface area contributed by atoms with Crippen LogP contribution in [0.5, 0.6) is 0 Å². The van der Waals surface area contributed by atoms with Gasteiger partial charge in [0.1, 0.15) is 0 Å².